The topological polar surface area (TPSA) is 47.3 Å². The fourth-order valence-electron chi connectivity index (χ4n) is 2.52. The van der Waals surface area contributed by atoms with Crippen LogP contribution in [0.15, 0.2) is 12.3 Å². The van der Waals surface area contributed by atoms with Gasteiger partial charge in [0.05, 0.1) is 24.4 Å². The minimum atomic E-state index is -0.441. The van der Waals surface area contributed by atoms with Gasteiger partial charge in [0.15, 0.2) is 0 Å². The van der Waals surface area contributed by atoms with Crippen LogP contribution in [0.25, 0.3) is 0 Å². The molecular weight excluding hydrogens is 228 g/mol. The van der Waals surface area contributed by atoms with Crippen molar-refractivity contribution in [3.63, 3.8) is 0 Å². The standard InChI is InChI=1S/C14H24N2O2/c1-2-9-18-11-14(17)10-12-7-8-16(15-12)13-5-3-4-6-13/h7-8,13-14,17H,2-6,9-11H2,1H3. The van der Waals surface area contributed by atoms with Gasteiger partial charge in [0.2, 0.25) is 0 Å². The average Bonchev–Trinajstić information content (AvgIpc) is 2.98. The molecule has 0 amide bonds. The molecule has 2 rings (SSSR count). The van der Waals surface area contributed by atoms with Gasteiger partial charge in [0, 0.05) is 19.2 Å². The lowest BCUT2D eigenvalue weighted by Gasteiger charge is -2.10. The number of hydrogen-bond acceptors (Lipinski definition) is 3. The molecule has 1 aliphatic carbocycles. The summed E-state index contributed by atoms with van der Waals surface area (Å²) in [6.07, 6.45) is 8.29. The quantitative estimate of drug-likeness (QED) is 0.758. The van der Waals surface area contributed by atoms with E-state index < -0.39 is 6.10 Å². The third-order valence-corrected chi connectivity index (χ3v) is 3.47. The SMILES string of the molecule is CCCOCC(O)Cc1ccn(C2CCCC2)n1. The molecule has 0 aliphatic heterocycles. The van der Waals surface area contributed by atoms with Crippen LogP contribution in [0, 0.1) is 0 Å². The third kappa shape index (κ3) is 3.82. The van der Waals surface area contributed by atoms with Crippen LogP contribution in [-0.4, -0.2) is 34.2 Å². The summed E-state index contributed by atoms with van der Waals surface area (Å²) in [6.45, 7) is 3.19. The molecular formula is C14H24N2O2. The van der Waals surface area contributed by atoms with Gasteiger partial charge in [-0.3, -0.25) is 4.68 Å². The summed E-state index contributed by atoms with van der Waals surface area (Å²) < 4.78 is 7.41. The van der Waals surface area contributed by atoms with E-state index in [2.05, 4.69) is 16.7 Å². The van der Waals surface area contributed by atoms with E-state index in [1.165, 1.54) is 25.7 Å². The highest BCUT2D eigenvalue weighted by Crippen LogP contribution is 2.28. The van der Waals surface area contributed by atoms with E-state index in [4.69, 9.17) is 4.74 Å². The van der Waals surface area contributed by atoms with Crippen LogP contribution >= 0.6 is 0 Å². The summed E-state index contributed by atoms with van der Waals surface area (Å²) >= 11 is 0. The minimum absolute atomic E-state index is 0.407. The van der Waals surface area contributed by atoms with Gasteiger partial charge in [-0.05, 0) is 25.3 Å². The molecule has 4 heteroatoms. The van der Waals surface area contributed by atoms with Crippen molar-refractivity contribution in [3.8, 4) is 0 Å². The molecule has 0 radical (unpaired) electrons. The monoisotopic (exact) mass is 252 g/mol. The van der Waals surface area contributed by atoms with Crippen LogP contribution in [0.3, 0.4) is 0 Å². The number of nitrogens with zero attached hydrogens (tertiary/aromatic N) is 2. The molecule has 0 aromatic carbocycles. The fraction of sp³-hybridized carbons (Fsp3) is 0.786. The second kappa shape index (κ2) is 6.90. The van der Waals surface area contributed by atoms with Gasteiger partial charge in [-0.15, -0.1) is 0 Å². The first-order valence-corrected chi connectivity index (χ1v) is 7.09. The number of aliphatic hydroxyl groups excluding tert-OH is 1. The first-order valence-electron chi connectivity index (χ1n) is 7.09. The molecule has 0 saturated heterocycles. The molecule has 0 spiro atoms. The first kappa shape index (κ1) is 13.6. The molecule has 1 unspecified atom stereocenters. The van der Waals surface area contributed by atoms with Crippen molar-refractivity contribution in [2.75, 3.05) is 13.2 Å². The summed E-state index contributed by atoms with van der Waals surface area (Å²) in [7, 11) is 0. The third-order valence-electron chi connectivity index (χ3n) is 3.47. The van der Waals surface area contributed by atoms with Crippen LogP contribution < -0.4 is 0 Å². The molecule has 1 atom stereocenters. The summed E-state index contributed by atoms with van der Waals surface area (Å²) in [5.41, 5.74) is 0.967. The number of hydrogen-bond donors (Lipinski definition) is 1. The lowest BCUT2D eigenvalue weighted by Crippen LogP contribution is -2.19. The fourth-order valence-corrected chi connectivity index (χ4v) is 2.52. The van der Waals surface area contributed by atoms with Gasteiger partial charge in [0.25, 0.3) is 0 Å². The van der Waals surface area contributed by atoms with Crippen LogP contribution in [0.2, 0.25) is 0 Å². The zero-order valence-corrected chi connectivity index (χ0v) is 11.2. The van der Waals surface area contributed by atoms with Crippen LogP contribution in [-0.2, 0) is 11.2 Å². The van der Waals surface area contributed by atoms with Crippen molar-refractivity contribution in [1.29, 1.82) is 0 Å². The van der Waals surface area contributed by atoms with Gasteiger partial charge in [-0.1, -0.05) is 19.8 Å². The molecule has 1 aromatic rings. The molecule has 1 aromatic heterocycles. The maximum absolute atomic E-state index is 9.83. The maximum atomic E-state index is 9.83. The van der Waals surface area contributed by atoms with Crippen LogP contribution in [0.5, 0.6) is 0 Å². The number of ether oxygens (including phenoxy) is 1. The molecule has 0 bridgehead atoms. The zero-order chi connectivity index (χ0) is 12.8. The van der Waals surface area contributed by atoms with Crippen LogP contribution in [0.1, 0.15) is 50.8 Å². The molecule has 4 nitrogen and oxygen atoms in total. The predicted octanol–water partition coefficient (Wildman–Crippen LogP) is 2.33. The number of aliphatic hydroxyl groups is 1. The summed E-state index contributed by atoms with van der Waals surface area (Å²) in [5, 5.41) is 14.4. The van der Waals surface area contributed by atoms with Crippen molar-refractivity contribution in [1.82, 2.24) is 9.78 Å². The Morgan fingerprint density at radius 3 is 3.00 bits per heavy atom. The Kier molecular flexibility index (Phi) is 5.20. The second-order valence-electron chi connectivity index (χ2n) is 5.16. The van der Waals surface area contributed by atoms with Gasteiger partial charge in [-0.25, -0.2) is 0 Å². The lowest BCUT2D eigenvalue weighted by atomic mass is 10.2. The summed E-state index contributed by atoms with van der Waals surface area (Å²) in [6, 6.07) is 2.59. The summed E-state index contributed by atoms with van der Waals surface area (Å²) in [5.74, 6) is 0. The highest BCUT2D eigenvalue weighted by Gasteiger charge is 2.18. The Morgan fingerprint density at radius 2 is 2.28 bits per heavy atom. The Morgan fingerprint density at radius 1 is 1.50 bits per heavy atom. The minimum Gasteiger partial charge on any atom is -0.390 e. The Balaban J connectivity index is 1.78. The van der Waals surface area contributed by atoms with Crippen molar-refractivity contribution in [3.05, 3.63) is 18.0 Å². The molecule has 1 saturated carbocycles. The maximum Gasteiger partial charge on any atom is 0.0829 e. The largest absolute Gasteiger partial charge is 0.390 e. The number of rotatable bonds is 7. The van der Waals surface area contributed by atoms with Gasteiger partial charge < -0.3 is 9.84 Å². The lowest BCUT2D eigenvalue weighted by molar-refractivity contribution is 0.0368. The smallest absolute Gasteiger partial charge is 0.0829 e. The molecule has 1 heterocycles. The van der Waals surface area contributed by atoms with Gasteiger partial charge in [-0.2, -0.15) is 5.10 Å². The van der Waals surface area contributed by atoms with Crippen molar-refractivity contribution < 1.29 is 9.84 Å². The van der Waals surface area contributed by atoms with Crippen molar-refractivity contribution >= 4 is 0 Å². The van der Waals surface area contributed by atoms with E-state index in [1.807, 2.05) is 12.3 Å². The molecule has 1 fully saturated rings. The Hall–Kier alpha value is -0.870. The van der Waals surface area contributed by atoms with E-state index in [0.29, 0.717) is 25.7 Å². The van der Waals surface area contributed by atoms with Crippen molar-refractivity contribution in [2.45, 2.75) is 57.6 Å². The van der Waals surface area contributed by atoms with Crippen molar-refractivity contribution in [2.24, 2.45) is 0 Å². The van der Waals surface area contributed by atoms with E-state index in [9.17, 15) is 5.11 Å². The highest BCUT2D eigenvalue weighted by atomic mass is 16.5. The molecule has 1 N–H and O–H groups in total. The van der Waals surface area contributed by atoms with Crippen LogP contribution in [0.4, 0.5) is 0 Å². The summed E-state index contributed by atoms with van der Waals surface area (Å²) in [4.78, 5) is 0. The Bertz CT molecular complexity index is 345. The predicted molar refractivity (Wildman–Crippen MR) is 70.6 cm³/mol. The van der Waals surface area contributed by atoms with Gasteiger partial charge in [0.1, 0.15) is 0 Å². The first-order chi connectivity index (χ1) is 8.79. The molecule has 18 heavy (non-hydrogen) atoms. The number of aromatic nitrogens is 2. The second-order valence-corrected chi connectivity index (χ2v) is 5.16. The van der Waals surface area contributed by atoms with E-state index >= 15 is 0 Å². The van der Waals surface area contributed by atoms with E-state index in [-0.39, 0.29) is 0 Å². The highest BCUT2D eigenvalue weighted by molar-refractivity contribution is 5.01. The molecule has 1 aliphatic rings. The van der Waals surface area contributed by atoms with E-state index in [0.717, 1.165) is 12.1 Å². The van der Waals surface area contributed by atoms with Gasteiger partial charge >= 0.3 is 0 Å². The zero-order valence-electron chi connectivity index (χ0n) is 11.2. The Labute approximate surface area is 109 Å². The average molecular weight is 252 g/mol. The normalized spacial score (nSPS) is 18.3. The van der Waals surface area contributed by atoms with E-state index in [1.54, 1.807) is 0 Å². The molecule has 102 valence electrons.